The summed E-state index contributed by atoms with van der Waals surface area (Å²) >= 11 is 0. The molecule has 0 saturated heterocycles. The standard InChI is InChI=1S/C16H15NO2/c1-10(18)12-3-5-13(6-4-12)15-8-7-14(11(2)19)9-16(15)17/h3-9H,17H2,1-2H3. The molecule has 3 nitrogen and oxygen atoms in total. The number of Topliss-reactive ketones (excluding diaryl/α,β-unsaturated/α-hetero) is 2. The zero-order valence-electron chi connectivity index (χ0n) is 10.9. The molecule has 0 fully saturated rings. The fourth-order valence-corrected chi connectivity index (χ4v) is 1.93. The van der Waals surface area contributed by atoms with Gasteiger partial charge in [-0.05, 0) is 25.5 Å². The third-order valence-electron chi connectivity index (χ3n) is 3.06. The lowest BCUT2D eigenvalue weighted by molar-refractivity contribution is 0.100. The van der Waals surface area contributed by atoms with Gasteiger partial charge in [0.25, 0.3) is 0 Å². The van der Waals surface area contributed by atoms with E-state index < -0.39 is 0 Å². The molecule has 0 saturated carbocycles. The molecule has 0 amide bonds. The first-order valence-electron chi connectivity index (χ1n) is 6.01. The van der Waals surface area contributed by atoms with Crippen LogP contribution in [0.4, 0.5) is 5.69 Å². The highest BCUT2D eigenvalue weighted by Gasteiger charge is 2.07. The molecular weight excluding hydrogens is 238 g/mol. The molecule has 0 spiro atoms. The lowest BCUT2D eigenvalue weighted by atomic mass is 9.99. The summed E-state index contributed by atoms with van der Waals surface area (Å²) in [6.07, 6.45) is 0. The van der Waals surface area contributed by atoms with Crippen LogP contribution in [0.2, 0.25) is 0 Å². The van der Waals surface area contributed by atoms with E-state index in [1.54, 1.807) is 24.3 Å². The first-order chi connectivity index (χ1) is 8.99. The Morgan fingerprint density at radius 3 is 1.84 bits per heavy atom. The van der Waals surface area contributed by atoms with Crippen LogP contribution in [0.3, 0.4) is 0 Å². The summed E-state index contributed by atoms with van der Waals surface area (Å²) in [4.78, 5) is 22.5. The van der Waals surface area contributed by atoms with E-state index in [0.717, 1.165) is 11.1 Å². The van der Waals surface area contributed by atoms with E-state index in [9.17, 15) is 9.59 Å². The van der Waals surface area contributed by atoms with Gasteiger partial charge in [-0.3, -0.25) is 9.59 Å². The maximum Gasteiger partial charge on any atom is 0.159 e. The first-order valence-corrected chi connectivity index (χ1v) is 6.01. The van der Waals surface area contributed by atoms with Gasteiger partial charge in [-0.15, -0.1) is 0 Å². The van der Waals surface area contributed by atoms with Crippen LogP contribution in [-0.2, 0) is 0 Å². The summed E-state index contributed by atoms with van der Waals surface area (Å²) in [7, 11) is 0. The fraction of sp³-hybridized carbons (Fsp3) is 0.125. The van der Waals surface area contributed by atoms with E-state index in [1.165, 1.54) is 13.8 Å². The molecule has 0 atom stereocenters. The molecule has 2 N–H and O–H groups in total. The molecule has 0 aromatic heterocycles. The summed E-state index contributed by atoms with van der Waals surface area (Å²) in [5.74, 6) is 0.0247. The lowest BCUT2D eigenvalue weighted by Gasteiger charge is -2.08. The second-order valence-electron chi connectivity index (χ2n) is 4.49. The Morgan fingerprint density at radius 1 is 0.842 bits per heavy atom. The number of carbonyl (C=O) groups excluding carboxylic acids is 2. The summed E-state index contributed by atoms with van der Waals surface area (Å²) in [5.41, 5.74) is 9.59. The Bertz CT molecular complexity index is 642. The molecule has 2 rings (SSSR count). The Kier molecular flexibility index (Phi) is 3.47. The molecule has 0 bridgehead atoms. The van der Waals surface area contributed by atoms with E-state index in [2.05, 4.69) is 0 Å². The van der Waals surface area contributed by atoms with Crippen molar-refractivity contribution in [3.05, 3.63) is 53.6 Å². The Hall–Kier alpha value is -2.42. The normalized spacial score (nSPS) is 10.2. The molecule has 0 unspecified atom stereocenters. The van der Waals surface area contributed by atoms with E-state index in [0.29, 0.717) is 16.8 Å². The number of hydrogen-bond donors (Lipinski definition) is 1. The maximum absolute atomic E-state index is 11.3. The van der Waals surface area contributed by atoms with Crippen LogP contribution in [0.25, 0.3) is 11.1 Å². The predicted octanol–water partition coefficient (Wildman–Crippen LogP) is 3.34. The third kappa shape index (κ3) is 2.71. The number of nitrogens with two attached hydrogens (primary N) is 1. The fourth-order valence-electron chi connectivity index (χ4n) is 1.93. The summed E-state index contributed by atoms with van der Waals surface area (Å²) in [6, 6.07) is 12.5. The van der Waals surface area contributed by atoms with E-state index in [1.807, 2.05) is 18.2 Å². The van der Waals surface area contributed by atoms with Gasteiger partial charge < -0.3 is 5.73 Å². The minimum Gasteiger partial charge on any atom is -0.398 e. The van der Waals surface area contributed by atoms with Gasteiger partial charge in [-0.2, -0.15) is 0 Å². The number of benzene rings is 2. The summed E-state index contributed by atoms with van der Waals surface area (Å²) < 4.78 is 0. The molecule has 19 heavy (non-hydrogen) atoms. The molecule has 3 heteroatoms. The predicted molar refractivity (Wildman–Crippen MR) is 76.3 cm³/mol. The van der Waals surface area contributed by atoms with Crippen molar-refractivity contribution in [1.82, 2.24) is 0 Å². The molecule has 0 radical (unpaired) electrons. The van der Waals surface area contributed by atoms with Crippen molar-refractivity contribution in [3.63, 3.8) is 0 Å². The van der Waals surface area contributed by atoms with E-state index in [-0.39, 0.29) is 11.6 Å². The van der Waals surface area contributed by atoms with Crippen molar-refractivity contribution < 1.29 is 9.59 Å². The SMILES string of the molecule is CC(=O)c1ccc(-c2ccc(C(C)=O)cc2N)cc1. The molecule has 2 aromatic carbocycles. The van der Waals surface area contributed by atoms with E-state index >= 15 is 0 Å². The van der Waals surface area contributed by atoms with Gasteiger partial charge in [0.15, 0.2) is 11.6 Å². The highest BCUT2D eigenvalue weighted by atomic mass is 16.1. The van der Waals surface area contributed by atoms with Crippen LogP contribution in [0.15, 0.2) is 42.5 Å². The number of anilines is 1. The average molecular weight is 253 g/mol. The topological polar surface area (TPSA) is 60.2 Å². The molecule has 0 aliphatic carbocycles. The third-order valence-corrected chi connectivity index (χ3v) is 3.06. The number of ketones is 2. The molecule has 96 valence electrons. The van der Waals surface area contributed by atoms with Gasteiger partial charge in [0, 0.05) is 22.4 Å². The molecule has 0 heterocycles. The van der Waals surface area contributed by atoms with Crippen LogP contribution < -0.4 is 5.73 Å². The second-order valence-corrected chi connectivity index (χ2v) is 4.49. The lowest BCUT2D eigenvalue weighted by Crippen LogP contribution is -1.97. The minimum absolute atomic E-state index is 0.00909. The molecule has 0 aliphatic heterocycles. The highest BCUT2D eigenvalue weighted by Crippen LogP contribution is 2.27. The van der Waals surface area contributed by atoms with Crippen molar-refractivity contribution in [2.45, 2.75) is 13.8 Å². The van der Waals surface area contributed by atoms with E-state index in [4.69, 9.17) is 5.73 Å². The van der Waals surface area contributed by atoms with Gasteiger partial charge >= 0.3 is 0 Å². The smallest absolute Gasteiger partial charge is 0.159 e. The van der Waals surface area contributed by atoms with Crippen LogP contribution in [-0.4, -0.2) is 11.6 Å². The number of carbonyl (C=O) groups is 2. The first kappa shape index (κ1) is 13.0. The van der Waals surface area contributed by atoms with Crippen LogP contribution in [0.5, 0.6) is 0 Å². The van der Waals surface area contributed by atoms with Gasteiger partial charge in [-0.1, -0.05) is 36.4 Å². The van der Waals surface area contributed by atoms with Crippen molar-refractivity contribution in [1.29, 1.82) is 0 Å². The van der Waals surface area contributed by atoms with Gasteiger partial charge in [-0.25, -0.2) is 0 Å². The van der Waals surface area contributed by atoms with Crippen LogP contribution in [0, 0.1) is 0 Å². The zero-order chi connectivity index (χ0) is 14.0. The van der Waals surface area contributed by atoms with Crippen molar-refractivity contribution in [3.8, 4) is 11.1 Å². The molecular formula is C16H15NO2. The second kappa shape index (κ2) is 5.06. The molecule has 2 aromatic rings. The average Bonchev–Trinajstić information content (AvgIpc) is 2.38. The van der Waals surface area contributed by atoms with Crippen LogP contribution in [0.1, 0.15) is 34.6 Å². The maximum atomic E-state index is 11.3. The number of rotatable bonds is 3. The molecule has 0 aliphatic rings. The minimum atomic E-state index is -0.00909. The van der Waals surface area contributed by atoms with Crippen molar-refractivity contribution in [2.75, 3.05) is 5.73 Å². The number of hydrogen-bond acceptors (Lipinski definition) is 3. The summed E-state index contributed by atoms with van der Waals surface area (Å²) in [5, 5.41) is 0. The van der Waals surface area contributed by atoms with Gasteiger partial charge in [0.05, 0.1) is 0 Å². The highest BCUT2D eigenvalue weighted by molar-refractivity contribution is 5.97. The summed E-state index contributed by atoms with van der Waals surface area (Å²) in [6.45, 7) is 3.04. The Balaban J connectivity index is 2.41. The van der Waals surface area contributed by atoms with Crippen molar-refractivity contribution in [2.24, 2.45) is 0 Å². The van der Waals surface area contributed by atoms with Crippen LogP contribution >= 0.6 is 0 Å². The Labute approximate surface area is 112 Å². The van der Waals surface area contributed by atoms with Gasteiger partial charge in [0.1, 0.15) is 0 Å². The largest absolute Gasteiger partial charge is 0.398 e. The Morgan fingerprint density at radius 2 is 1.37 bits per heavy atom. The zero-order valence-corrected chi connectivity index (χ0v) is 10.9. The monoisotopic (exact) mass is 253 g/mol. The number of nitrogen functional groups attached to an aromatic ring is 1. The van der Waals surface area contributed by atoms with Gasteiger partial charge in [0.2, 0.25) is 0 Å². The van der Waals surface area contributed by atoms with Crippen molar-refractivity contribution >= 4 is 17.3 Å². The quantitative estimate of drug-likeness (QED) is 0.674.